The van der Waals surface area contributed by atoms with Crippen molar-refractivity contribution >= 4 is 17.3 Å². The lowest BCUT2D eigenvalue weighted by Gasteiger charge is -2.08. The first-order valence-electron chi connectivity index (χ1n) is 6.23. The molecular weight excluding hydrogens is 233 g/mol. The summed E-state index contributed by atoms with van der Waals surface area (Å²) < 4.78 is 13.4. The third-order valence-electron chi connectivity index (χ3n) is 2.83. The van der Waals surface area contributed by atoms with Gasteiger partial charge in [0.25, 0.3) is 0 Å². The molecule has 1 aromatic rings. The summed E-state index contributed by atoms with van der Waals surface area (Å²) in [5.41, 5.74) is 6.28. The zero-order valence-electron chi connectivity index (χ0n) is 10.2. The predicted molar refractivity (Wildman–Crippen MR) is 69.7 cm³/mol. The second-order valence-corrected chi connectivity index (χ2v) is 4.61. The van der Waals surface area contributed by atoms with E-state index < -0.39 is 0 Å². The molecule has 1 saturated carbocycles. The van der Waals surface area contributed by atoms with Crippen molar-refractivity contribution in [2.24, 2.45) is 0 Å². The van der Waals surface area contributed by atoms with Gasteiger partial charge in [0.2, 0.25) is 5.91 Å². The minimum atomic E-state index is -0.363. The van der Waals surface area contributed by atoms with E-state index in [1.54, 1.807) is 12.1 Å². The Labute approximate surface area is 106 Å². The van der Waals surface area contributed by atoms with Gasteiger partial charge in [0.1, 0.15) is 5.82 Å². The number of nitrogens with two attached hydrogens (primary N) is 1. The van der Waals surface area contributed by atoms with Crippen molar-refractivity contribution in [1.29, 1.82) is 0 Å². The van der Waals surface area contributed by atoms with E-state index in [1.165, 1.54) is 6.07 Å². The number of carbonyl (C=O) groups excluding carboxylic acids is 1. The fourth-order valence-corrected chi connectivity index (χ4v) is 1.67. The van der Waals surface area contributed by atoms with E-state index in [1.807, 2.05) is 0 Å². The maximum absolute atomic E-state index is 13.4. The van der Waals surface area contributed by atoms with E-state index in [4.69, 9.17) is 5.73 Å². The maximum atomic E-state index is 13.4. The van der Waals surface area contributed by atoms with E-state index in [0.717, 1.165) is 12.8 Å². The molecule has 1 aliphatic carbocycles. The second kappa shape index (κ2) is 5.71. The van der Waals surface area contributed by atoms with Gasteiger partial charge in [-0.05, 0) is 37.5 Å². The Morgan fingerprint density at radius 1 is 1.44 bits per heavy atom. The topological polar surface area (TPSA) is 67.1 Å². The molecule has 0 saturated heterocycles. The first kappa shape index (κ1) is 12.7. The maximum Gasteiger partial charge on any atom is 0.220 e. The number of hydrogen-bond donors (Lipinski definition) is 3. The molecule has 0 aromatic heterocycles. The predicted octanol–water partition coefficient (Wildman–Crippen LogP) is 1.88. The van der Waals surface area contributed by atoms with E-state index in [2.05, 4.69) is 10.6 Å². The van der Waals surface area contributed by atoms with Gasteiger partial charge in [-0.25, -0.2) is 4.39 Å². The lowest BCUT2D eigenvalue weighted by Crippen LogP contribution is -2.25. The second-order valence-electron chi connectivity index (χ2n) is 4.61. The van der Waals surface area contributed by atoms with Crippen LogP contribution in [0.4, 0.5) is 15.8 Å². The molecular formula is C13H18FN3O. The number of halogens is 1. The summed E-state index contributed by atoms with van der Waals surface area (Å²) in [5, 5.41) is 5.87. The van der Waals surface area contributed by atoms with E-state index in [-0.39, 0.29) is 11.7 Å². The lowest BCUT2D eigenvalue weighted by atomic mass is 10.2. The van der Waals surface area contributed by atoms with Crippen LogP contribution < -0.4 is 16.4 Å². The highest BCUT2D eigenvalue weighted by Gasteiger charge is 2.22. The van der Waals surface area contributed by atoms with Crippen molar-refractivity contribution in [3.63, 3.8) is 0 Å². The Hall–Kier alpha value is -1.78. The third kappa shape index (κ3) is 3.91. The van der Waals surface area contributed by atoms with Crippen molar-refractivity contribution in [3.05, 3.63) is 24.0 Å². The van der Waals surface area contributed by atoms with Crippen LogP contribution in [0, 0.1) is 5.82 Å². The van der Waals surface area contributed by atoms with E-state index in [9.17, 15) is 9.18 Å². The van der Waals surface area contributed by atoms with Gasteiger partial charge >= 0.3 is 0 Å². The standard InChI is InChI=1S/C13H18FN3O/c14-11-8-9(15)3-6-12(11)16-7-1-2-13(18)17-10-4-5-10/h3,6,8,10,16H,1-2,4-5,7,15H2,(H,17,18). The van der Waals surface area contributed by atoms with Gasteiger partial charge in [0.15, 0.2) is 0 Å². The molecule has 0 spiro atoms. The fraction of sp³-hybridized carbons (Fsp3) is 0.462. The highest BCUT2D eigenvalue weighted by molar-refractivity contribution is 5.76. The zero-order chi connectivity index (χ0) is 13.0. The average Bonchev–Trinajstić information content (AvgIpc) is 3.10. The van der Waals surface area contributed by atoms with Gasteiger partial charge in [-0.1, -0.05) is 0 Å². The Balaban J connectivity index is 1.66. The summed E-state index contributed by atoms with van der Waals surface area (Å²) in [6.45, 7) is 0.568. The van der Waals surface area contributed by atoms with Crippen LogP contribution in [0.5, 0.6) is 0 Å². The molecule has 0 aliphatic heterocycles. The Morgan fingerprint density at radius 3 is 2.89 bits per heavy atom. The van der Waals surface area contributed by atoms with Crippen molar-refractivity contribution in [1.82, 2.24) is 5.32 Å². The molecule has 2 rings (SSSR count). The summed E-state index contributed by atoms with van der Waals surface area (Å²) in [7, 11) is 0. The van der Waals surface area contributed by atoms with Crippen LogP contribution in [0.15, 0.2) is 18.2 Å². The molecule has 4 nitrogen and oxygen atoms in total. The van der Waals surface area contributed by atoms with Gasteiger partial charge in [-0.3, -0.25) is 4.79 Å². The lowest BCUT2D eigenvalue weighted by molar-refractivity contribution is -0.121. The molecule has 0 bridgehead atoms. The van der Waals surface area contributed by atoms with Gasteiger partial charge < -0.3 is 16.4 Å². The molecule has 1 amide bonds. The summed E-state index contributed by atoms with van der Waals surface area (Å²) in [4.78, 5) is 11.4. The molecule has 5 heteroatoms. The van der Waals surface area contributed by atoms with Crippen molar-refractivity contribution in [2.75, 3.05) is 17.6 Å². The average molecular weight is 251 g/mol. The highest BCUT2D eigenvalue weighted by atomic mass is 19.1. The van der Waals surface area contributed by atoms with Crippen LogP contribution >= 0.6 is 0 Å². The number of anilines is 2. The van der Waals surface area contributed by atoms with E-state index in [0.29, 0.717) is 36.8 Å². The van der Waals surface area contributed by atoms with Crippen LogP contribution in [0.2, 0.25) is 0 Å². The van der Waals surface area contributed by atoms with Crippen molar-refractivity contribution in [2.45, 2.75) is 31.7 Å². The Kier molecular flexibility index (Phi) is 4.02. The Morgan fingerprint density at radius 2 is 2.22 bits per heavy atom. The molecule has 0 atom stereocenters. The van der Waals surface area contributed by atoms with Crippen LogP contribution in [-0.4, -0.2) is 18.5 Å². The smallest absolute Gasteiger partial charge is 0.220 e. The zero-order valence-corrected chi connectivity index (χ0v) is 10.2. The van der Waals surface area contributed by atoms with Crippen molar-refractivity contribution in [3.8, 4) is 0 Å². The number of hydrogen-bond acceptors (Lipinski definition) is 3. The molecule has 1 aromatic carbocycles. The number of amides is 1. The quantitative estimate of drug-likeness (QED) is 0.534. The number of nitrogens with one attached hydrogen (secondary N) is 2. The summed E-state index contributed by atoms with van der Waals surface area (Å²) in [6, 6.07) is 4.93. The molecule has 1 fully saturated rings. The van der Waals surface area contributed by atoms with Crippen LogP contribution in [0.25, 0.3) is 0 Å². The summed E-state index contributed by atoms with van der Waals surface area (Å²) in [5.74, 6) is -0.283. The minimum absolute atomic E-state index is 0.0806. The SMILES string of the molecule is Nc1ccc(NCCCC(=O)NC2CC2)c(F)c1. The molecule has 98 valence electrons. The molecule has 18 heavy (non-hydrogen) atoms. The van der Waals surface area contributed by atoms with Gasteiger partial charge in [-0.2, -0.15) is 0 Å². The molecule has 0 heterocycles. The summed E-state index contributed by atoms with van der Waals surface area (Å²) >= 11 is 0. The van der Waals surface area contributed by atoms with Gasteiger partial charge in [-0.15, -0.1) is 0 Å². The van der Waals surface area contributed by atoms with Crippen LogP contribution in [0.1, 0.15) is 25.7 Å². The summed E-state index contributed by atoms with van der Waals surface area (Å²) in [6.07, 6.45) is 3.35. The number of rotatable bonds is 6. The molecule has 1 aliphatic rings. The monoisotopic (exact) mass is 251 g/mol. The minimum Gasteiger partial charge on any atom is -0.399 e. The first-order chi connectivity index (χ1) is 8.65. The first-order valence-corrected chi connectivity index (χ1v) is 6.23. The van der Waals surface area contributed by atoms with Crippen molar-refractivity contribution < 1.29 is 9.18 Å². The largest absolute Gasteiger partial charge is 0.399 e. The number of benzene rings is 1. The number of carbonyl (C=O) groups is 1. The van der Waals surface area contributed by atoms with Gasteiger partial charge in [0, 0.05) is 24.7 Å². The highest BCUT2D eigenvalue weighted by Crippen LogP contribution is 2.19. The third-order valence-corrected chi connectivity index (χ3v) is 2.83. The van der Waals surface area contributed by atoms with E-state index >= 15 is 0 Å². The van der Waals surface area contributed by atoms with Gasteiger partial charge in [0.05, 0.1) is 5.69 Å². The molecule has 4 N–H and O–H groups in total. The van der Waals surface area contributed by atoms with Crippen LogP contribution in [0.3, 0.4) is 0 Å². The fourth-order valence-electron chi connectivity index (χ4n) is 1.67. The Bertz CT molecular complexity index is 432. The number of nitrogen functional groups attached to an aromatic ring is 1. The van der Waals surface area contributed by atoms with Crippen LogP contribution in [-0.2, 0) is 4.79 Å². The normalized spacial score (nSPS) is 14.3. The molecule has 0 unspecified atom stereocenters. The molecule has 0 radical (unpaired) electrons.